The highest BCUT2D eigenvalue weighted by Crippen LogP contribution is 2.16. The van der Waals surface area contributed by atoms with E-state index in [1.165, 1.54) is 24.9 Å². The van der Waals surface area contributed by atoms with Crippen molar-refractivity contribution in [1.82, 2.24) is 8.87 Å². The number of sulfonamides is 1. The standard InChI is InChI=1S/C9H14N4O4S/c1-12-4-6(3-7(12)9(11)15)18(16,17)13(2)5-8(10)14/h3-4H,5H2,1-2H3,(H2,10,14)(H2,11,15). The van der Waals surface area contributed by atoms with Crippen LogP contribution in [0.2, 0.25) is 0 Å². The van der Waals surface area contributed by atoms with Crippen molar-refractivity contribution in [2.75, 3.05) is 13.6 Å². The molecule has 9 heteroatoms. The minimum Gasteiger partial charge on any atom is -0.369 e. The van der Waals surface area contributed by atoms with Crippen LogP contribution in [0.1, 0.15) is 10.5 Å². The van der Waals surface area contributed by atoms with Gasteiger partial charge in [-0.3, -0.25) is 9.59 Å². The summed E-state index contributed by atoms with van der Waals surface area (Å²) in [4.78, 5) is 21.6. The molecule has 100 valence electrons. The topological polar surface area (TPSA) is 128 Å². The van der Waals surface area contributed by atoms with Gasteiger partial charge in [0.15, 0.2) is 0 Å². The van der Waals surface area contributed by atoms with Gasteiger partial charge in [0.2, 0.25) is 15.9 Å². The maximum Gasteiger partial charge on any atom is 0.265 e. The Bertz CT molecular complexity index is 590. The Balaban J connectivity index is 3.17. The Morgan fingerprint density at radius 3 is 2.33 bits per heavy atom. The van der Waals surface area contributed by atoms with Gasteiger partial charge in [-0.1, -0.05) is 0 Å². The summed E-state index contributed by atoms with van der Waals surface area (Å²) >= 11 is 0. The van der Waals surface area contributed by atoms with Crippen LogP contribution in [0.3, 0.4) is 0 Å². The van der Waals surface area contributed by atoms with E-state index in [1.54, 1.807) is 0 Å². The van der Waals surface area contributed by atoms with Crippen LogP contribution >= 0.6 is 0 Å². The number of aromatic nitrogens is 1. The molecule has 0 saturated heterocycles. The van der Waals surface area contributed by atoms with Crippen LogP contribution in [0, 0.1) is 0 Å². The van der Waals surface area contributed by atoms with Crippen molar-refractivity contribution < 1.29 is 18.0 Å². The molecule has 18 heavy (non-hydrogen) atoms. The Kier molecular flexibility index (Phi) is 3.77. The van der Waals surface area contributed by atoms with Gasteiger partial charge in [0, 0.05) is 20.3 Å². The maximum atomic E-state index is 12.0. The Morgan fingerprint density at radius 1 is 1.39 bits per heavy atom. The Morgan fingerprint density at radius 2 is 1.94 bits per heavy atom. The molecule has 1 aromatic heterocycles. The van der Waals surface area contributed by atoms with E-state index in [2.05, 4.69) is 0 Å². The molecule has 0 atom stereocenters. The molecule has 1 heterocycles. The first-order valence-corrected chi connectivity index (χ1v) is 6.31. The SMILES string of the molecule is CN(CC(N)=O)S(=O)(=O)c1cc(C(N)=O)n(C)c1. The number of primary amides is 2. The first-order chi connectivity index (χ1) is 8.16. The van der Waals surface area contributed by atoms with Gasteiger partial charge in [-0.05, 0) is 6.07 Å². The van der Waals surface area contributed by atoms with E-state index < -0.39 is 28.4 Å². The predicted octanol–water partition coefficient (Wildman–Crippen LogP) is -1.77. The van der Waals surface area contributed by atoms with Crippen molar-refractivity contribution in [3.63, 3.8) is 0 Å². The summed E-state index contributed by atoms with van der Waals surface area (Å²) in [5.74, 6) is -1.51. The van der Waals surface area contributed by atoms with Crippen LogP contribution < -0.4 is 11.5 Å². The fraction of sp³-hybridized carbons (Fsp3) is 0.333. The smallest absolute Gasteiger partial charge is 0.265 e. The number of aryl methyl sites for hydroxylation is 1. The number of likely N-dealkylation sites (N-methyl/N-ethyl adjacent to an activating group) is 1. The third-order valence-corrected chi connectivity index (χ3v) is 4.09. The van der Waals surface area contributed by atoms with E-state index in [1.807, 2.05) is 0 Å². The van der Waals surface area contributed by atoms with Gasteiger partial charge in [-0.25, -0.2) is 8.42 Å². The van der Waals surface area contributed by atoms with Crippen molar-refractivity contribution in [3.8, 4) is 0 Å². The molecule has 0 spiro atoms. The number of nitrogens with zero attached hydrogens (tertiary/aromatic N) is 2. The molecule has 0 saturated carbocycles. The van der Waals surface area contributed by atoms with Gasteiger partial charge in [-0.2, -0.15) is 4.31 Å². The molecule has 4 N–H and O–H groups in total. The van der Waals surface area contributed by atoms with Crippen LogP contribution in [-0.4, -0.2) is 42.7 Å². The second-order valence-corrected chi connectivity index (χ2v) is 5.81. The van der Waals surface area contributed by atoms with Crippen LogP contribution in [0.5, 0.6) is 0 Å². The summed E-state index contributed by atoms with van der Waals surface area (Å²) in [5, 5.41) is 0. The second-order valence-electron chi connectivity index (χ2n) is 3.76. The van der Waals surface area contributed by atoms with E-state index in [0.29, 0.717) is 0 Å². The third-order valence-electron chi connectivity index (χ3n) is 2.32. The van der Waals surface area contributed by atoms with Crippen molar-refractivity contribution >= 4 is 21.8 Å². The van der Waals surface area contributed by atoms with Crippen LogP contribution in [0.15, 0.2) is 17.2 Å². The fourth-order valence-electron chi connectivity index (χ4n) is 1.40. The number of amides is 2. The van der Waals surface area contributed by atoms with Crippen molar-refractivity contribution in [3.05, 3.63) is 18.0 Å². The number of nitrogens with two attached hydrogens (primary N) is 2. The summed E-state index contributed by atoms with van der Waals surface area (Å²) in [5.41, 5.74) is 10.1. The van der Waals surface area contributed by atoms with Crippen molar-refractivity contribution in [2.45, 2.75) is 4.90 Å². The first-order valence-electron chi connectivity index (χ1n) is 4.87. The lowest BCUT2D eigenvalue weighted by Crippen LogP contribution is -2.35. The van der Waals surface area contributed by atoms with Crippen LogP contribution in [0.25, 0.3) is 0 Å². The van der Waals surface area contributed by atoms with Gasteiger partial charge in [0.25, 0.3) is 5.91 Å². The monoisotopic (exact) mass is 274 g/mol. The molecular weight excluding hydrogens is 260 g/mol. The number of hydrogen-bond donors (Lipinski definition) is 2. The van der Waals surface area contributed by atoms with E-state index >= 15 is 0 Å². The fourth-order valence-corrected chi connectivity index (χ4v) is 2.61. The molecule has 0 aromatic carbocycles. The number of rotatable bonds is 5. The van der Waals surface area contributed by atoms with Crippen molar-refractivity contribution in [2.24, 2.45) is 18.5 Å². The molecule has 8 nitrogen and oxygen atoms in total. The molecule has 0 aliphatic heterocycles. The normalized spacial score (nSPS) is 11.7. The third kappa shape index (κ3) is 2.68. The lowest BCUT2D eigenvalue weighted by molar-refractivity contribution is -0.118. The quantitative estimate of drug-likeness (QED) is 0.658. The number of carbonyl (C=O) groups is 2. The van der Waals surface area contributed by atoms with Crippen LogP contribution in [-0.2, 0) is 21.9 Å². The zero-order valence-electron chi connectivity index (χ0n) is 9.95. The summed E-state index contributed by atoms with van der Waals surface area (Å²) < 4.78 is 26.1. The van der Waals surface area contributed by atoms with E-state index in [-0.39, 0.29) is 10.6 Å². The molecule has 2 amide bonds. The second kappa shape index (κ2) is 4.78. The van der Waals surface area contributed by atoms with Gasteiger partial charge in [0.05, 0.1) is 6.54 Å². The average Bonchev–Trinajstić information content (AvgIpc) is 2.59. The van der Waals surface area contributed by atoms with E-state index in [0.717, 1.165) is 10.4 Å². The average molecular weight is 274 g/mol. The predicted molar refractivity (Wildman–Crippen MR) is 62.9 cm³/mol. The van der Waals surface area contributed by atoms with Gasteiger partial charge in [0.1, 0.15) is 10.6 Å². The highest BCUT2D eigenvalue weighted by Gasteiger charge is 2.25. The number of carbonyl (C=O) groups excluding carboxylic acids is 2. The first kappa shape index (κ1) is 14.2. The summed E-state index contributed by atoms with van der Waals surface area (Å²) in [7, 11) is -1.15. The molecular formula is C9H14N4O4S. The van der Waals surface area contributed by atoms with Gasteiger partial charge in [-0.15, -0.1) is 0 Å². The molecule has 0 aliphatic carbocycles. The molecule has 0 aliphatic rings. The zero-order chi connectivity index (χ0) is 14.1. The van der Waals surface area contributed by atoms with Gasteiger partial charge < -0.3 is 16.0 Å². The Hall–Kier alpha value is -1.87. The highest BCUT2D eigenvalue weighted by atomic mass is 32.2. The minimum atomic E-state index is -3.87. The zero-order valence-corrected chi connectivity index (χ0v) is 10.8. The molecule has 0 bridgehead atoms. The van der Waals surface area contributed by atoms with Gasteiger partial charge >= 0.3 is 0 Å². The molecule has 0 unspecified atom stereocenters. The summed E-state index contributed by atoms with van der Waals surface area (Å²) in [6.07, 6.45) is 1.24. The van der Waals surface area contributed by atoms with E-state index in [9.17, 15) is 18.0 Å². The number of hydrogen-bond acceptors (Lipinski definition) is 4. The lowest BCUT2D eigenvalue weighted by Gasteiger charge is -2.13. The molecule has 0 radical (unpaired) electrons. The minimum absolute atomic E-state index is 0.0565. The molecule has 1 rings (SSSR count). The van der Waals surface area contributed by atoms with Crippen molar-refractivity contribution in [1.29, 1.82) is 0 Å². The molecule has 1 aromatic rings. The summed E-state index contributed by atoms with van der Waals surface area (Å²) in [6, 6.07) is 1.15. The van der Waals surface area contributed by atoms with E-state index in [4.69, 9.17) is 11.5 Å². The Labute approximate surface area is 104 Å². The summed E-state index contributed by atoms with van der Waals surface area (Å²) in [6.45, 7) is -0.441. The molecule has 0 fully saturated rings. The van der Waals surface area contributed by atoms with Crippen LogP contribution in [0.4, 0.5) is 0 Å². The maximum absolute atomic E-state index is 12.0. The lowest BCUT2D eigenvalue weighted by atomic mass is 10.4. The largest absolute Gasteiger partial charge is 0.369 e. The highest BCUT2D eigenvalue weighted by molar-refractivity contribution is 7.89.